The summed E-state index contributed by atoms with van der Waals surface area (Å²) >= 11 is 0. The predicted molar refractivity (Wildman–Crippen MR) is 181 cm³/mol. The summed E-state index contributed by atoms with van der Waals surface area (Å²) in [5.74, 6) is -1.40. The first-order valence-corrected chi connectivity index (χ1v) is 16.6. The summed E-state index contributed by atoms with van der Waals surface area (Å²) in [4.78, 5) is 52.7. The van der Waals surface area contributed by atoms with Crippen LogP contribution in [0.3, 0.4) is 0 Å². The number of nitrogens with one attached hydrogen (secondary N) is 2. The number of carbonyl (C=O) groups excluding carboxylic acids is 4. The molecule has 0 aliphatic rings. The highest BCUT2D eigenvalue weighted by Crippen LogP contribution is 2.31. The number of hydrogen-bond acceptors (Lipinski definition) is 9. The van der Waals surface area contributed by atoms with Crippen molar-refractivity contribution < 1.29 is 46.0 Å². The first kappa shape index (κ1) is 40.2. The lowest BCUT2D eigenvalue weighted by Gasteiger charge is -2.12. The maximum atomic E-state index is 13.8. The molecule has 3 aromatic rings. The lowest BCUT2D eigenvalue weighted by Crippen LogP contribution is -2.19. The number of nitrogen functional groups attached to an aromatic ring is 1. The van der Waals surface area contributed by atoms with Crippen molar-refractivity contribution in [3.05, 3.63) is 71.9 Å². The van der Waals surface area contributed by atoms with Crippen molar-refractivity contribution in [1.29, 1.82) is 0 Å². The summed E-state index contributed by atoms with van der Waals surface area (Å²) in [6, 6.07) is 11.1. The molecular formula is C33H40F3N5O7S. The Morgan fingerprint density at radius 3 is 1.98 bits per heavy atom. The number of amides is 3. The van der Waals surface area contributed by atoms with E-state index in [4.69, 9.17) is 5.73 Å². The van der Waals surface area contributed by atoms with Crippen LogP contribution in [0, 0.1) is 0 Å². The molecule has 0 saturated heterocycles. The lowest BCUT2D eigenvalue weighted by molar-refractivity contribution is -0.141. The summed E-state index contributed by atoms with van der Waals surface area (Å²) in [5.41, 5.74) is 6.36. The minimum absolute atomic E-state index is 0. The zero-order valence-electron chi connectivity index (χ0n) is 26.3. The number of pyridine rings is 1. The molecule has 1 heterocycles. The number of esters is 2. The van der Waals surface area contributed by atoms with E-state index in [-0.39, 0.29) is 48.8 Å². The number of alkyl halides is 3. The Balaban J connectivity index is 0.00000833. The Hall–Kier alpha value is -4.99. The molecule has 0 atom stereocenters. The van der Waals surface area contributed by atoms with Crippen LogP contribution in [0.2, 0.25) is 0 Å². The van der Waals surface area contributed by atoms with Gasteiger partial charge in [0, 0.05) is 47.5 Å². The molecule has 2 aromatic carbocycles. The molecule has 3 amide bonds. The first-order valence-electron chi connectivity index (χ1n) is 14.7. The largest absolute Gasteiger partial charge is 0.469 e. The molecule has 0 radical (unpaired) electrons. The fourth-order valence-corrected chi connectivity index (χ4v) is 6.52. The van der Waals surface area contributed by atoms with E-state index in [0.717, 1.165) is 12.1 Å². The van der Waals surface area contributed by atoms with Crippen molar-refractivity contribution in [3.8, 4) is 11.1 Å². The molecule has 0 bridgehead atoms. The van der Waals surface area contributed by atoms with Gasteiger partial charge >= 0.3 is 24.1 Å². The fraction of sp³-hybridized carbons (Fsp3) is 0.364. The van der Waals surface area contributed by atoms with Gasteiger partial charge in [0.1, 0.15) is 5.82 Å². The molecule has 16 heteroatoms. The number of benzene rings is 2. The minimum atomic E-state index is -4.56. The van der Waals surface area contributed by atoms with Crippen LogP contribution in [-0.4, -0.2) is 58.8 Å². The first-order chi connectivity index (χ1) is 22.7. The average molecular weight is 708 g/mol. The maximum Gasteiger partial charge on any atom is 0.416 e. The number of nitrogens with zero attached hydrogens (tertiary/aromatic N) is 2. The molecule has 266 valence electrons. The predicted octanol–water partition coefficient (Wildman–Crippen LogP) is 6.92. The van der Waals surface area contributed by atoms with Crippen molar-refractivity contribution in [2.45, 2.75) is 52.1 Å². The molecule has 0 saturated carbocycles. The molecule has 0 fully saturated rings. The highest BCUT2D eigenvalue weighted by molar-refractivity contribution is 7.93. The Bertz CT molecular complexity index is 1710. The highest BCUT2D eigenvalue weighted by atomic mass is 32.2. The van der Waals surface area contributed by atoms with Crippen molar-refractivity contribution in [2.75, 3.05) is 42.1 Å². The van der Waals surface area contributed by atoms with Crippen molar-refractivity contribution in [2.24, 2.45) is 4.36 Å². The van der Waals surface area contributed by atoms with E-state index >= 15 is 0 Å². The van der Waals surface area contributed by atoms with Crippen LogP contribution in [0.15, 0.2) is 65.2 Å². The molecule has 12 nitrogen and oxygen atoms in total. The van der Waals surface area contributed by atoms with Gasteiger partial charge < -0.3 is 25.8 Å². The number of anilines is 3. The van der Waals surface area contributed by atoms with Gasteiger partial charge in [-0.25, -0.2) is 14.0 Å². The van der Waals surface area contributed by atoms with E-state index in [9.17, 15) is 36.6 Å². The van der Waals surface area contributed by atoms with Crippen molar-refractivity contribution in [1.82, 2.24) is 4.98 Å². The number of ether oxygens (including phenoxy) is 2. The van der Waals surface area contributed by atoms with Crippen LogP contribution < -0.4 is 16.4 Å². The summed E-state index contributed by atoms with van der Waals surface area (Å²) in [7, 11) is -0.530. The molecule has 4 N–H and O–H groups in total. The zero-order chi connectivity index (χ0) is 35.3. The topological polar surface area (TPSA) is 179 Å². The Labute approximate surface area is 283 Å². The van der Waals surface area contributed by atoms with E-state index in [1.165, 1.54) is 50.7 Å². The summed E-state index contributed by atoms with van der Waals surface area (Å²) < 4.78 is 66.0. The summed E-state index contributed by atoms with van der Waals surface area (Å²) in [6.07, 6.45) is -1.61. The zero-order valence-corrected chi connectivity index (χ0v) is 27.1. The Morgan fingerprint density at radius 2 is 1.43 bits per heavy atom. The number of rotatable bonds is 14. The Kier molecular flexibility index (Phi) is 15.2. The van der Waals surface area contributed by atoms with Gasteiger partial charge in [0.2, 0.25) is 0 Å². The van der Waals surface area contributed by atoms with Crippen molar-refractivity contribution >= 4 is 50.8 Å². The molecule has 0 aliphatic heterocycles. The number of urea groups is 1. The summed E-state index contributed by atoms with van der Waals surface area (Å²) in [5, 5.41) is 4.88. The third kappa shape index (κ3) is 12.9. The monoisotopic (exact) mass is 707 g/mol. The Morgan fingerprint density at radius 1 is 0.857 bits per heavy atom. The van der Waals surface area contributed by atoms with E-state index in [0.29, 0.717) is 42.5 Å². The maximum absolute atomic E-state index is 13.8. The smallest absolute Gasteiger partial charge is 0.416 e. The number of aromatic nitrogens is 1. The number of hydrogen-bond donors (Lipinski definition) is 3. The van der Waals surface area contributed by atoms with Gasteiger partial charge in [-0.15, -0.1) is 0 Å². The molecule has 0 aliphatic carbocycles. The van der Waals surface area contributed by atoms with Crippen LogP contribution in [0.5, 0.6) is 0 Å². The van der Waals surface area contributed by atoms with Gasteiger partial charge in [-0.3, -0.25) is 14.4 Å². The summed E-state index contributed by atoms with van der Waals surface area (Å²) in [6.45, 7) is 0. The van der Waals surface area contributed by atoms with Gasteiger partial charge in [0.05, 0.1) is 35.1 Å². The minimum Gasteiger partial charge on any atom is -0.469 e. The second kappa shape index (κ2) is 18.5. The normalized spacial score (nSPS) is 11.1. The standard InChI is InChI=1S/C32H36F3N5O7S.CH4/c1-46-27(41)10-3-5-16-48(45,17-6-4-11-28(42)47-2)40-30(43)22-18-26(29(36)37-20-22)21-12-14-24(15-13-21)38-31(44)39-25-9-7-8-23(19-25)32(33,34)35;/h7-9,12-15,18-20H,3-6,10-11,16-17H2,1-2H3,(H2,36,37)(H2,38,39,44);1H4. The molecular weight excluding hydrogens is 667 g/mol. The van der Waals surface area contributed by atoms with Gasteiger partial charge in [0.15, 0.2) is 0 Å². The van der Waals surface area contributed by atoms with E-state index in [1.807, 2.05) is 0 Å². The van der Waals surface area contributed by atoms with Crippen LogP contribution in [0.25, 0.3) is 11.1 Å². The SMILES string of the molecule is C.COC(=O)CCCCS(=O)(CCCCC(=O)OC)=NC(=O)c1cnc(N)c(-c2ccc(NC(=O)Nc3cccc(C(F)(F)F)c3)cc2)c1. The van der Waals surface area contributed by atoms with E-state index in [2.05, 4.69) is 29.5 Å². The van der Waals surface area contributed by atoms with Crippen LogP contribution in [0.4, 0.5) is 35.2 Å². The molecule has 3 rings (SSSR count). The van der Waals surface area contributed by atoms with E-state index in [1.54, 1.807) is 12.1 Å². The van der Waals surface area contributed by atoms with E-state index < -0.39 is 45.3 Å². The van der Waals surface area contributed by atoms with Gasteiger partial charge in [0.25, 0.3) is 5.91 Å². The average Bonchev–Trinajstić information content (AvgIpc) is 3.05. The number of nitrogens with two attached hydrogens (primary N) is 1. The number of unbranched alkanes of at least 4 members (excludes halogenated alkanes) is 2. The van der Waals surface area contributed by atoms with Gasteiger partial charge in [-0.1, -0.05) is 25.6 Å². The lowest BCUT2D eigenvalue weighted by atomic mass is 10.0. The quantitative estimate of drug-likeness (QED) is 0.118. The second-order valence-corrected chi connectivity index (χ2v) is 13.1. The van der Waals surface area contributed by atoms with Crippen LogP contribution in [-0.2, 0) is 35.0 Å². The third-order valence-electron chi connectivity index (χ3n) is 6.96. The molecule has 49 heavy (non-hydrogen) atoms. The highest BCUT2D eigenvalue weighted by Gasteiger charge is 2.30. The number of methoxy groups -OCH3 is 2. The number of halogens is 3. The van der Waals surface area contributed by atoms with Gasteiger partial charge in [-0.2, -0.15) is 17.5 Å². The molecule has 1 aromatic heterocycles. The third-order valence-corrected chi connectivity index (χ3v) is 9.31. The van der Waals surface area contributed by atoms with Gasteiger partial charge in [-0.05, 0) is 67.6 Å². The molecule has 0 spiro atoms. The van der Waals surface area contributed by atoms with Crippen LogP contribution in [0.1, 0.15) is 61.9 Å². The van der Waals surface area contributed by atoms with Crippen LogP contribution >= 0.6 is 0 Å². The van der Waals surface area contributed by atoms with Crippen molar-refractivity contribution in [3.63, 3.8) is 0 Å². The number of carbonyl (C=O) groups is 4. The fourth-order valence-electron chi connectivity index (χ4n) is 4.42. The molecule has 0 unspecified atom stereocenters. The second-order valence-electron chi connectivity index (χ2n) is 10.5.